The van der Waals surface area contributed by atoms with Crippen LogP contribution in [-0.4, -0.2) is 114 Å². The Morgan fingerprint density at radius 1 is 0.679 bits per heavy atom. The number of nitrogens with zero attached hydrogens (tertiary/aromatic N) is 3. The number of fused-ring (bicyclic) bond motifs is 1. The van der Waals surface area contributed by atoms with Crippen molar-refractivity contribution in [2.45, 2.75) is 95.5 Å². The summed E-state index contributed by atoms with van der Waals surface area (Å²) in [5.41, 5.74) is 2.01. The van der Waals surface area contributed by atoms with Gasteiger partial charge in [-0.3, -0.25) is 38.6 Å². The van der Waals surface area contributed by atoms with Crippen molar-refractivity contribution >= 4 is 53.4 Å². The van der Waals surface area contributed by atoms with Crippen molar-refractivity contribution in [2.75, 3.05) is 19.6 Å². The van der Waals surface area contributed by atoms with Crippen LogP contribution in [0.15, 0.2) is 70.6 Å². The van der Waals surface area contributed by atoms with Gasteiger partial charge in [0, 0.05) is 31.5 Å². The van der Waals surface area contributed by atoms with Gasteiger partial charge in [0.1, 0.15) is 42.6 Å². The zero-order valence-electron chi connectivity index (χ0n) is 32.0. The molecule has 0 radical (unpaired) electrons. The lowest BCUT2D eigenvalue weighted by atomic mass is 10.0. The van der Waals surface area contributed by atoms with Crippen LogP contribution in [-0.2, 0) is 46.4 Å². The van der Waals surface area contributed by atoms with E-state index in [-0.39, 0.29) is 44.7 Å². The van der Waals surface area contributed by atoms with E-state index in [9.17, 15) is 33.6 Å². The maximum atomic E-state index is 14.2. The van der Waals surface area contributed by atoms with Crippen LogP contribution in [0.5, 0.6) is 0 Å². The largest absolute Gasteiger partial charge is 0.345 e. The maximum Gasteiger partial charge on any atom is 0.246 e. The fraction of sp³-hybridized carbons (Fsp3) is 0.475. The average Bonchev–Trinajstić information content (AvgIpc) is 3.89. The van der Waals surface area contributed by atoms with E-state index in [4.69, 9.17) is 0 Å². The lowest BCUT2D eigenvalue weighted by Crippen LogP contribution is -2.59. The van der Waals surface area contributed by atoms with Crippen LogP contribution in [0.25, 0.3) is 0 Å². The molecule has 2 aromatic rings. The van der Waals surface area contributed by atoms with Crippen molar-refractivity contribution in [2.24, 2.45) is 15.9 Å². The molecule has 6 N–H and O–H groups in total. The molecule has 0 aliphatic carbocycles. The van der Waals surface area contributed by atoms with Crippen LogP contribution in [0.2, 0.25) is 0 Å². The predicted molar refractivity (Wildman–Crippen MR) is 208 cm³/mol. The van der Waals surface area contributed by atoms with Gasteiger partial charge in [-0.15, -0.1) is 0 Å². The van der Waals surface area contributed by atoms with E-state index in [2.05, 4.69) is 41.9 Å². The molecule has 2 saturated heterocycles. The SMILES string of the molecule is CC(C)C[C@@H]1NC(=O)CNC(=O)[C@@H]2CCCN2C(=O)[C@H](Cc2ccccc2)NC(=O)[C@H](C)NC(=O)[C@H](Cc2ccccc2)NC(=O)[C@H](CC2=NC=NC2)NC1=O. The van der Waals surface area contributed by atoms with Gasteiger partial charge in [0.15, 0.2) is 0 Å². The standard InChI is InChI=1S/C40H51N9O7/c1-24(2)17-29-37(53)47-31(20-28-21-41-23-43-28)38(54)46-30(18-26-11-6-4-7-12-26)36(52)44-25(3)35(51)48-32(19-27-13-8-5-9-14-27)40(56)49-16-10-15-33(49)39(55)42-22-34(50)45-29/h4-9,11-14,23-25,29-33H,10,15-22H2,1-3H3,(H,42,55)(H,44,52)(H,45,50)(H,46,54)(H,47,53)(H,48,51)/t25-,29-,30-,31-,32-,33-/m0/s1. The highest BCUT2D eigenvalue weighted by Crippen LogP contribution is 2.20. The van der Waals surface area contributed by atoms with Crippen molar-refractivity contribution in [3.63, 3.8) is 0 Å². The first-order chi connectivity index (χ1) is 26.9. The van der Waals surface area contributed by atoms with Gasteiger partial charge in [0.05, 0.1) is 13.1 Å². The van der Waals surface area contributed by atoms with E-state index >= 15 is 0 Å². The summed E-state index contributed by atoms with van der Waals surface area (Å²) < 4.78 is 0. The van der Waals surface area contributed by atoms with Crippen molar-refractivity contribution in [3.8, 4) is 0 Å². The third-order valence-corrected chi connectivity index (χ3v) is 9.85. The Kier molecular flexibility index (Phi) is 14.4. The Bertz CT molecular complexity index is 1820. The number of carbonyl (C=O) groups excluding carboxylic acids is 7. The van der Waals surface area contributed by atoms with Gasteiger partial charge in [-0.1, -0.05) is 74.5 Å². The van der Waals surface area contributed by atoms with Gasteiger partial charge in [0.2, 0.25) is 41.4 Å². The average molecular weight is 770 g/mol. The number of aliphatic imine (C=N–C) groups is 2. The van der Waals surface area contributed by atoms with Crippen molar-refractivity contribution in [1.82, 2.24) is 36.8 Å². The number of carbonyl (C=O) groups is 7. The molecule has 6 atom stereocenters. The molecule has 0 unspecified atom stereocenters. The molecule has 16 nitrogen and oxygen atoms in total. The molecule has 3 aliphatic heterocycles. The summed E-state index contributed by atoms with van der Waals surface area (Å²) in [4.78, 5) is 106. The molecule has 0 spiro atoms. The molecular weight excluding hydrogens is 718 g/mol. The normalized spacial score (nSPS) is 25.9. The third-order valence-electron chi connectivity index (χ3n) is 9.85. The Morgan fingerprint density at radius 2 is 1.25 bits per heavy atom. The van der Waals surface area contributed by atoms with E-state index in [1.807, 2.05) is 50.2 Å². The molecule has 2 fully saturated rings. The molecule has 0 bridgehead atoms. The summed E-state index contributed by atoms with van der Waals surface area (Å²) in [6.07, 6.45) is 2.59. The first-order valence-electron chi connectivity index (χ1n) is 19.1. The van der Waals surface area contributed by atoms with Crippen LogP contribution in [0.4, 0.5) is 0 Å². The fourth-order valence-corrected chi connectivity index (χ4v) is 6.94. The van der Waals surface area contributed by atoms with Gasteiger partial charge in [-0.2, -0.15) is 0 Å². The quantitative estimate of drug-likeness (QED) is 0.215. The molecular formula is C40H51N9O7. The Labute approximate surface area is 326 Å². The zero-order valence-corrected chi connectivity index (χ0v) is 32.0. The number of nitrogens with one attached hydrogen (secondary N) is 6. The van der Waals surface area contributed by atoms with E-state index in [1.165, 1.54) is 18.2 Å². The monoisotopic (exact) mass is 769 g/mol. The van der Waals surface area contributed by atoms with Crippen molar-refractivity contribution < 1.29 is 33.6 Å². The van der Waals surface area contributed by atoms with Crippen molar-refractivity contribution in [1.29, 1.82) is 0 Å². The molecule has 3 aliphatic rings. The molecule has 16 heteroatoms. The molecule has 7 amide bonds. The van der Waals surface area contributed by atoms with Gasteiger partial charge in [-0.05, 0) is 43.2 Å². The summed E-state index contributed by atoms with van der Waals surface area (Å²) in [7, 11) is 0. The Hall–Kier alpha value is -5.93. The molecule has 298 valence electrons. The second-order valence-electron chi connectivity index (χ2n) is 14.8. The Morgan fingerprint density at radius 3 is 1.86 bits per heavy atom. The Balaban J connectivity index is 1.48. The van der Waals surface area contributed by atoms with Gasteiger partial charge < -0.3 is 36.8 Å². The summed E-state index contributed by atoms with van der Waals surface area (Å²) in [6.45, 7) is 5.24. The first-order valence-corrected chi connectivity index (χ1v) is 19.1. The molecule has 2 aromatic carbocycles. The second kappa shape index (κ2) is 19.6. The van der Waals surface area contributed by atoms with E-state index in [0.717, 1.165) is 11.1 Å². The maximum absolute atomic E-state index is 14.2. The lowest BCUT2D eigenvalue weighted by molar-refractivity contribution is -0.142. The van der Waals surface area contributed by atoms with Crippen LogP contribution < -0.4 is 31.9 Å². The van der Waals surface area contributed by atoms with Gasteiger partial charge in [-0.25, -0.2) is 4.99 Å². The highest BCUT2D eigenvalue weighted by Gasteiger charge is 2.39. The summed E-state index contributed by atoms with van der Waals surface area (Å²) in [5, 5.41) is 16.3. The number of hydrogen-bond acceptors (Lipinski definition) is 9. The molecule has 5 rings (SSSR count). The van der Waals surface area contributed by atoms with Crippen LogP contribution in [0, 0.1) is 5.92 Å². The topological polar surface area (TPSA) is 220 Å². The summed E-state index contributed by atoms with van der Waals surface area (Å²) >= 11 is 0. The van der Waals surface area contributed by atoms with Gasteiger partial charge >= 0.3 is 0 Å². The summed E-state index contributed by atoms with van der Waals surface area (Å²) in [5.74, 6) is -4.38. The minimum absolute atomic E-state index is 0.0246. The zero-order chi connectivity index (χ0) is 40.2. The van der Waals surface area contributed by atoms with Crippen molar-refractivity contribution in [3.05, 3.63) is 71.8 Å². The predicted octanol–water partition coefficient (Wildman–Crippen LogP) is -0.0444. The highest BCUT2D eigenvalue weighted by atomic mass is 16.2. The minimum Gasteiger partial charge on any atom is -0.345 e. The molecule has 56 heavy (non-hydrogen) atoms. The molecule has 0 saturated carbocycles. The van der Waals surface area contributed by atoms with Crippen LogP contribution in [0.3, 0.4) is 0 Å². The van der Waals surface area contributed by atoms with E-state index < -0.39 is 84.1 Å². The number of hydrogen-bond donors (Lipinski definition) is 6. The minimum atomic E-state index is -1.21. The number of amides is 7. The number of benzene rings is 2. The molecule has 0 aromatic heterocycles. The second-order valence-corrected chi connectivity index (χ2v) is 14.8. The van der Waals surface area contributed by atoms with E-state index in [0.29, 0.717) is 18.6 Å². The van der Waals surface area contributed by atoms with Crippen LogP contribution in [0.1, 0.15) is 57.6 Å². The lowest BCUT2D eigenvalue weighted by Gasteiger charge is -2.30. The molecule has 3 heterocycles. The smallest absolute Gasteiger partial charge is 0.246 e. The van der Waals surface area contributed by atoms with E-state index in [1.54, 1.807) is 24.3 Å². The highest BCUT2D eigenvalue weighted by molar-refractivity contribution is 6.02. The van der Waals surface area contributed by atoms with Crippen LogP contribution >= 0.6 is 0 Å². The fourth-order valence-electron chi connectivity index (χ4n) is 6.94. The van der Waals surface area contributed by atoms with Gasteiger partial charge in [0.25, 0.3) is 0 Å². The summed E-state index contributed by atoms with van der Waals surface area (Å²) in [6, 6.07) is 11.5. The number of rotatable bonds is 8. The third kappa shape index (κ3) is 11.5. The first kappa shape index (κ1) is 41.2.